The molecule has 11 heteroatoms. The Labute approximate surface area is 165 Å². The number of benzene rings is 1. The molecule has 0 saturated carbocycles. The molecular formula is C17H14ClN5O4S. The normalized spacial score (nSPS) is 17.5. The Kier molecular flexibility index (Phi) is 4.73. The van der Waals surface area contributed by atoms with Crippen molar-refractivity contribution in [1.82, 2.24) is 19.9 Å². The van der Waals surface area contributed by atoms with E-state index < -0.39 is 16.0 Å². The minimum absolute atomic E-state index is 0.0727. The minimum atomic E-state index is -3.59. The Morgan fingerprint density at radius 1 is 1.25 bits per heavy atom. The van der Waals surface area contributed by atoms with Gasteiger partial charge in [-0.25, -0.2) is 17.9 Å². The standard InChI is InChI=1S/C17H14ClN5O4S/c18-12-3-5-14(6-4-12)23-10-13(19-21-23)11-27-17(24)15-2-1-7-22-8-9-28(25,26)20-16(15)22/h1-7,10H,8-9,11H2. The molecule has 0 aliphatic carbocycles. The van der Waals surface area contributed by atoms with Gasteiger partial charge in [0, 0.05) is 17.8 Å². The summed E-state index contributed by atoms with van der Waals surface area (Å²) in [6.45, 7) is 0.116. The molecule has 0 N–H and O–H groups in total. The Bertz CT molecular complexity index is 1120. The van der Waals surface area contributed by atoms with Crippen LogP contribution in [0.3, 0.4) is 0 Å². The average molecular weight is 420 g/mol. The summed E-state index contributed by atoms with van der Waals surface area (Å²) in [7, 11) is -3.59. The molecule has 0 amide bonds. The van der Waals surface area contributed by atoms with E-state index in [1.165, 1.54) is 10.8 Å². The van der Waals surface area contributed by atoms with Gasteiger partial charge in [-0.15, -0.1) is 9.50 Å². The summed E-state index contributed by atoms with van der Waals surface area (Å²) in [6.07, 6.45) is 6.41. The van der Waals surface area contributed by atoms with E-state index in [-0.39, 0.29) is 30.3 Å². The fraction of sp³-hybridized carbons (Fsp3) is 0.176. The first kappa shape index (κ1) is 18.4. The van der Waals surface area contributed by atoms with Crippen molar-refractivity contribution in [2.75, 3.05) is 12.3 Å². The van der Waals surface area contributed by atoms with Crippen LogP contribution in [-0.2, 0) is 26.2 Å². The fourth-order valence-corrected chi connectivity index (χ4v) is 3.79. The highest BCUT2D eigenvalue weighted by atomic mass is 35.5. The van der Waals surface area contributed by atoms with Crippen molar-refractivity contribution in [1.29, 1.82) is 0 Å². The number of nitrogens with zero attached hydrogens (tertiary/aromatic N) is 5. The number of allylic oxidation sites excluding steroid dienone is 2. The molecule has 0 saturated heterocycles. The topological polar surface area (TPSA) is 107 Å². The number of fused-ring (bicyclic) bond motifs is 1. The molecule has 0 unspecified atom stereocenters. The monoisotopic (exact) mass is 419 g/mol. The first-order chi connectivity index (χ1) is 13.4. The molecule has 144 valence electrons. The van der Waals surface area contributed by atoms with Gasteiger partial charge in [-0.3, -0.25) is 0 Å². The van der Waals surface area contributed by atoms with Gasteiger partial charge in [0.25, 0.3) is 10.0 Å². The number of hydrogen-bond acceptors (Lipinski definition) is 7. The largest absolute Gasteiger partial charge is 0.455 e. The first-order valence-corrected chi connectivity index (χ1v) is 10.2. The number of carbonyl (C=O) groups excluding carboxylic acids is 1. The second-order valence-electron chi connectivity index (χ2n) is 6.02. The Balaban J connectivity index is 1.46. The maximum Gasteiger partial charge on any atom is 0.342 e. The molecule has 3 heterocycles. The zero-order valence-corrected chi connectivity index (χ0v) is 16.0. The van der Waals surface area contributed by atoms with Crippen LogP contribution < -0.4 is 0 Å². The van der Waals surface area contributed by atoms with Crippen LogP contribution in [0.25, 0.3) is 5.69 Å². The van der Waals surface area contributed by atoms with Crippen LogP contribution in [-0.4, -0.2) is 52.4 Å². The van der Waals surface area contributed by atoms with Crippen molar-refractivity contribution >= 4 is 33.4 Å². The molecule has 0 radical (unpaired) electrons. The van der Waals surface area contributed by atoms with Gasteiger partial charge in [0.15, 0.2) is 5.84 Å². The van der Waals surface area contributed by atoms with Crippen molar-refractivity contribution in [2.24, 2.45) is 4.40 Å². The lowest BCUT2D eigenvalue weighted by molar-refractivity contribution is -0.139. The van der Waals surface area contributed by atoms with Crippen molar-refractivity contribution < 1.29 is 17.9 Å². The molecule has 0 atom stereocenters. The van der Waals surface area contributed by atoms with E-state index in [4.69, 9.17) is 16.3 Å². The summed E-state index contributed by atoms with van der Waals surface area (Å²) < 4.78 is 34.0. The van der Waals surface area contributed by atoms with E-state index in [2.05, 4.69) is 14.7 Å². The predicted octanol–water partition coefficient (Wildman–Crippen LogP) is 1.46. The second kappa shape index (κ2) is 7.21. The van der Waals surface area contributed by atoms with Crippen LogP contribution in [0.4, 0.5) is 0 Å². The Morgan fingerprint density at radius 2 is 2.04 bits per heavy atom. The molecule has 2 aliphatic rings. The van der Waals surface area contributed by atoms with E-state index in [1.54, 1.807) is 47.6 Å². The molecule has 0 fully saturated rings. The SMILES string of the molecule is O=C(OCc1cn(-c2ccc(Cl)cc2)nn1)C1=CC=CN2CCS(=O)(=O)N=C12. The van der Waals surface area contributed by atoms with E-state index in [0.717, 1.165) is 5.69 Å². The van der Waals surface area contributed by atoms with Crippen molar-refractivity contribution in [3.8, 4) is 5.69 Å². The van der Waals surface area contributed by atoms with Gasteiger partial charge >= 0.3 is 5.97 Å². The van der Waals surface area contributed by atoms with Crippen LogP contribution in [0.2, 0.25) is 5.02 Å². The summed E-state index contributed by atoms with van der Waals surface area (Å²) >= 11 is 5.87. The summed E-state index contributed by atoms with van der Waals surface area (Å²) in [4.78, 5) is 14.1. The molecule has 0 bridgehead atoms. The molecule has 2 aromatic rings. The number of amidine groups is 1. The van der Waals surface area contributed by atoms with E-state index in [9.17, 15) is 13.2 Å². The molecule has 9 nitrogen and oxygen atoms in total. The minimum Gasteiger partial charge on any atom is -0.455 e. The maximum absolute atomic E-state index is 12.5. The van der Waals surface area contributed by atoms with Gasteiger partial charge in [-0.1, -0.05) is 16.8 Å². The van der Waals surface area contributed by atoms with Gasteiger partial charge in [-0.2, -0.15) is 0 Å². The number of halogens is 1. The molecule has 1 aromatic carbocycles. The zero-order chi connectivity index (χ0) is 19.7. The van der Waals surface area contributed by atoms with E-state index >= 15 is 0 Å². The predicted molar refractivity (Wildman–Crippen MR) is 101 cm³/mol. The van der Waals surface area contributed by atoms with Gasteiger partial charge in [-0.05, 0) is 36.4 Å². The third-order valence-corrected chi connectivity index (χ3v) is 5.46. The van der Waals surface area contributed by atoms with Crippen LogP contribution >= 0.6 is 11.6 Å². The third-order valence-electron chi connectivity index (χ3n) is 4.06. The lowest BCUT2D eigenvalue weighted by Crippen LogP contribution is -2.40. The molecule has 1 aromatic heterocycles. The van der Waals surface area contributed by atoms with Crippen molar-refractivity contribution in [3.63, 3.8) is 0 Å². The lowest BCUT2D eigenvalue weighted by Gasteiger charge is -2.28. The average Bonchev–Trinajstić information content (AvgIpc) is 3.14. The van der Waals surface area contributed by atoms with E-state index in [1.807, 2.05) is 0 Å². The number of rotatable bonds is 4. The number of aromatic nitrogens is 3. The van der Waals surface area contributed by atoms with Crippen LogP contribution in [0.1, 0.15) is 5.69 Å². The van der Waals surface area contributed by atoms with Gasteiger partial charge in [0.1, 0.15) is 17.9 Å². The summed E-state index contributed by atoms with van der Waals surface area (Å²) in [6, 6.07) is 7.02. The van der Waals surface area contributed by atoms with E-state index in [0.29, 0.717) is 10.7 Å². The van der Waals surface area contributed by atoms with Gasteiger partial charge < -0.3 is 9.64 Å². The van der Waals surface area contributed by atoms with Crippen LogP contribution in [0.5, 0.6) is 0 Å². The van der Waals surface area contributed by atoms with Crippen molar-refractivity contribution in [2.45, 2.75) is 6.61 Å². The summed E-state index contributed by atoms with van der Waals surface area (Å²) in [5.41, 5.74) is 1.27. The molecule has 2 aliphatic heterocycles. The quantitative estimate of drug-likeness (QED) is 0.690. The smallest absolute Gasteiger partial charge is 0.342 e. The molecule has 4 rings (SSSR count). The second-order valence-corrected chi connectivity index (χ2v) is 8.21. The van der Waals surface area contributed by atoms with Crippen LogP contribution in [0, 0.1) is 0 Å². The zero-order valence-electron chi connectivity index (χ0n) is 14.4. The Morgan fingerprint density at radius 3 is 2.82 bits per heavy atom. The fourth-order valence-electron chi connectivity index (χ4n) is 2.68. The number of ether oxygens (including phenoxy) is 1. The molecular weight excluding hydrogens is 406 g/mol. The maximum atomic E-state index is 12.5. The van der Waals surface area contributed by atoms with Gasteiger partial charge in [0.05, 0.1) is 17.6 Å². The highest BCUT2D eigenvalue weighted by Crippen LogP contribution is 2.19. The Hall–Kier alpha value is -2.98. The number of carbonyl (C=O) groups is 1. The summed E-state index contributed by atoms with van der Waals surface area (Å²) in [5, 5.41) is 8.56. The molecule has 0 spiro atoms. The highest BCUT2D eigenvalue weighted by molar-refractivity contribution is 7.90. The lowest BCUT2D eigenvalue weighted by atomic mass is 10.1. The number of sulfonamides is 1. The first-order valence-electron chi connectivity index (χ1n) is 8.24. The van der Waals surface area contributed by atoms with Crippen LogP contribution in [0.15, 0.2) is 58.8 Å². The highest BCUT2D eigenvalue weighted by Gasteiger charge is 2.30. The van der Waals surface area contributed by atoms with Crippen molar-refractivity contribution in [3.05, 3.63) is 65.1 Å². The molecule has 28 heavy (non-hydrogen) atoms. The number of esters is 1. The number of hydrogen-bond donors (Lipinski definition) is 0. The summed E-state index contributed by atoms with van der Waals surface area (Å²) in [5.74, 6) is -0.716. The van der Waals surface area contributed by atoms with Gasteiger partial charge in [0.2, 0.25) is 0 Å². The third kappa shape index (κ3) is 3.82.